The van der Waals surface area contributed by atoms with Crippen molar-refractivity contribution in [2.24, 2.45) is 11.1 Å². The van der Waals surface area contributed by atoms with Crippen LogP contribution in [0.1, 0.15) is 20.8 Å². The van der Waals surface area contributed by atoms with E-state index in [9.17, 15) is 4.79 Å². The van der Waals surface area contributed by atoms with Gasteiger partial charge in [0.2, 0.25) is 5.91 Å². The molecule has 4 N–H and O–H groups in total. The van der Waals surface area contributed by atoms with E-state index >= 15 is 0 Å². The number of aliphatic hydroxyl groups excluding tert-OH is 1. The van der Waals surface area contributed by atoms with E-state index in [2.05, 4.69) is 10.2 Å². The van der Waals surface area contributed by atoms with Gasteiger partial charge in [-0.15, -0.1) is 0 Å². The first-order valence-electron chi connectivity index (χ1n) is 6.92. The number of carbonyl (C=O) groups is 1. The highest BCUT2D eigenvalue weighted by molar-refractivity contribution is 5.95. The van der Waals surface area contributed by atoms with Gasteiger partial charge in [0, 0.05) is 31.0 Å². The molecule has 0 bridgehead atoms. The second-order valence-corrected chi connectivity index (χ2v) is 5.39. The molecule has 0 radical (unpaired) electrons. The molecule has 0 aliphatic rings. The first kappa shape index (κ1) is 16.5. The first-order chi connectivity index (χ1) is 9.44. The van der Waals surface area contributed by atoms with Gasteiger partial charge in [0.15, 0.2) is 0 Å². The molecule has 0 spiro atoms. The molecule has 0 aromatic heterocycles. The summed E-state index contributed by atoms with van der Waals surface area (Å²) in [5.41, 5.74) is 6.78. The van der Waals surface area contributed by atoms with Crippen molar-refractivity contribution < 1.29 is 9.90 Å². The van der Waals surface area contributed by atoms with Crippen LogP contribution in [0.3, 0.4) is 0 Å². The fourth-order valence-electron chi connectivity index (χ4n) is 1.74. The van der Waals surface area contributed by atoms with E-state index in [0.717, 1.165) is 17.9 Å². The van der Waals surface area contributed by atoms with Crippen LogP contribution in [0, 0.1) is 5.41 Å². The van der Waals surface area contributed by atoms with Crippen molar-refractivity contribution in [2.45, 2.75) is 20.8 Å². The molecular formula is C15H25N3O2. The fraction of sp³-hybridized carbons (Fsp3) is 0.533. The predicted octanol–water partition coefficient (Wildman–Crippen LogP) is 1.43. The largest absolute Gasteiger partial charge is 0.395 e. The van der Waals surface area contributed by atoms with Crippen LogP contribution in [0.5, 0.6) is 0 Å². The Morgan fingerprint density at radius 1 is 1.35 bits per heavy atom. The third kappa shape index (κ3) is 4.21. The van der Waals surface area contributed by atoms with Crippen LogP contribution < -0.4 is 16.0 Å². The second-order valence-electron chi connectivity index (χ2n) is 5.39. The van der Waals surface area contributed by atoms with Crippen LogP contribution in [0.2, 0.25) is 0 Å². The zero-order valence-corrected chi connectivity index (χ0v) is 12.5. The Labute approximate surface area is 120 Å². The third-order valence-electron chi connectivity index (χ3n) is 3.37. The summed E-state index contributed by atoms with van der Waals surface area (Å²) in [5.74, 6) is -0.0875. The van der Waals surface area contributed by atoms with Gasteiger partial charge in [0.25, 0.3) is 0 Å². The molecule has 5 heteroatoms. The Bertz CT molecular complexity index is 429. The molecule has 0 fully saturated rings. The average molecular weight is 279 g/mol. The van der Waals surface area contributed by atoms with Crippen molar-refractivity contribution in [1.29, 1.82) is 0 Å². The minimum atomic E-state index is -0.578. The molecular weight excluding hydrogens is 254 g/mol. The minimum Gasteiger partial charge on any atom is -0.395 e. The van der Waals surface area contributed by atoms with E-state index in [-0.39, 0.29) is 12.5 Å². The molecule has 0 atom stereocenters. The van der Waals surface area contributed by atoms with E-state index in [0.29, 0.717) is 13.1 Å². The standard InChI is InChI=1S/C15H25N3O2/c1-4-18(9-10-19)13-7-5-12(6-8-13)17-14(20)15(2,3)11-16/h5-8,19H,4,9-11,16H2,1-3H3,(H,17,20). The molecule has 1 amide bonds. The third-order valence-corrected chi connectivity index (χ3v) is 3.37. The smallest absolute Gasteiger partial charge is 0.231 e. The number of anilines is 2. The lowest BCUT2D eigenvalue weighted by Crippen LogP contribution is -2.37. The van der Waals surface area contributed by atoms with Crippen molar-refractivity contribution in [3.63, 3.8) is 0 Å². The lowest BCUT2D eigenvalue weighted by atomic mass is 9.92. The van der Waals surface area contributed by atoms with E-state index < -0.39 is 5.41 Å². The van der Waals surface area contributed by atoms with Gasteiger partial charge in [-0.05, 0) is 45.0 Å². The SMILES string of the molecule is CCN(CCO)c1ccc(NC(=O)C(C)(C)CN)cc1. The number of hydrogen-bond donors (Lipinski definition) is 3. The fourth-order valence-corrected chi connectivity index (χ4v) is 1.74. The Morgan fingerprint density at radius 2 is 1.95 bits per heavy atom. The summed E-state index contributed by atoms with van der Waals surface area (Å²) in [6.07, 6.45) is 0. The van der Waals surface area contributed by atoms with Crippen molar-refractivity contribution in [3.8, 4) is 0 Å². The normalized spacial score (nSPS) is 11.2. The molecule has 0 unspecified atom stereocenters. The maximum atomic E-state index is 12.0. The van der Waals surface area contributed by atoms with E-state index in [1.54, 1.807) is 0 Å². The highest BCUT2D eigenvalue weighted by atomic mass is 16.3. The molecule has 1 rings (SSSR count). The quantitative estimate of drug-likeness (QED) is 0.705. The van der Waals surface area contributed by atoms with Gasteiger partial charge in [0.1, 0.15) is 0 Å². The Morgan fingerprint density at radius 3 is 2.40 bits per heavy atom. The number of amides is 1. The van der Waals surface area contributed by atoms with Crippen LogP contribution in [0.25, 0.3) is 0 Å². The summed E-state index contributed by atoms with van der Waals surface area (Å²) in [6.45, 7) is 7.52. The number of likely N-dealkylation sites (N-methyl/N-ethyl adjacent to an activating group) is 1. The van der Waals surface area contributed by atoms with Crippen LogP contribution in [0.15, 0.2) is 24.3 Å². The molecule has 5 nitrogen and oxygen atoms in total. The van der Waals surface area contributed by atoms with Gasteiger partial charge in [0.05, 0.1) is 12.0 Å². The summed E-state index contributed by atoms with van der Waals surface area (Å²) in [6, 6.07) is 7.59. The zero-order valence-electron chi connectivity index (χ0n) is 12.5. The number of carbonyl (C=O) groups excluding carboxylic acids is 1. The molecule has 0 saturated heterocycles. The lowest BCUT2D eigenvalue weighted by Gasteiger charge is -2.23. The number of aliphatic hydroxyl groups is 1. The van der Waals surface area contributed by atoms with Crippen LogP contribution in [-0.2, 0) is 4.79 Å². The zero-order chi connectivity index (χ0) is 15.2. The lowest BCUT2D eigenvalue weighted by molar-refractivity contribution is -0.123. The number of benzene rings is 1. The molecule has 0 aliphatic carbocycles. The summed E-state index contributed by atoms with van der Waals surface area (Å²) >= 11 is 0. The van der Waals surface area contributed by atoms with Gasteiger partial charge in [-0.2, -0.15) is 0 Å². The maximum Gasteiger partial charge on any atom is 0.231 e. The first-order valence-corrected chi connectivity index (χ1v) is 6.92. The van der Waals surface area contributed by atoms with Gasteiger partial charge < -0.3 is 21.1 Å². The van der Waals surface area contributed by atoms with E-state index in [1.807, 2.05) is 45.0 Å². The average Bonchev–Trinajstić information content (AvgIpc) is 2.45. The molecule has 20 heavy (non-hydrogen) atoms. The molecule has 0 saturated carbocycles. The Balaban J connectivity index is 2.74. The van der Waals surface area contributed by atoms with Gasteiger partial charge in [-0.1, -0.05) is 0 Å². The van der Waals surface area contributed by atoms with Crippen molar-refractivity contribution >= 4 is 17.3 Å². The predicted molar refractivity (Wildman–Crippen MR) is 82.9 cm³/mol. The van der Waals surface area contributed by atoms with Gasteiger partial charge in [-0.25, -0.2) is 0 Å². The summed E-state index contributed by atoms with van der Waals surface area (Å²) < 4.78 is 0. The number of nitrogens with two attached hydrogens (primary N) is 1. The monoisotopic (exact) mass is 279 g/mol. The van der Waals surface area contributed by atoms with Crippen molar-refractivity contribution in [2.75, 3.05) is 36.5 Å². The maximum absolute atomic E-state index is 12.0. The molecule has 112 valence electrons. The van der Waals surface area contributed by atoms with Crippen LogP contribution in [-0.4, -0.2) is 37.3 Å². The van der Waals surface area contributed by atoms with Crippen molar-refractivity contribution in [3.05, 3.63) is 24.3 Å². The summed E-state index contributed by atoms with van der Waals surface area (Å²) in [7, 11) is 0. The van der Waals surface area contributed by atoms with Gasteiger partial charge in [-0.3, -0.25) is 4.79 Å². The number of hydrogen-bond acceptors (Lipinski definition) is 4. The molecule has 0 heterocycles. The minimum absolute atomic E-state index is 0.0875. The Hall–Kier alpha value is -1.59. The van der Waals surface area contributed by atoms with Gasteiger partial charge >= 0.3 is 0 Å². The number of nitrogens with zero attached hydrogens (tertiary/aromatic N) is 1. The Kier molecular flexibility index (Phi) is 5.98. The highest BCUT2D eigenvalue weighted by Gasteiger charge is 2.25. The number of nitrogens with one attached hydrogen (secondary N) is 1. The van der Waals surface area contributed by atoms with Crippen molar-refractivity contribution in [1.82, 2.24) is 0 Å². The van der Waals surface area contributed by atoms with Crippen LogP contribution >= 0.6 is 0 Å². The topological polar surface area (TPSA) is 78.6 Å². The van der Waals surface area contributed by atoms with E-state index in [4.69, 9.17) is 10.8 Å². The second kappa shape index (κ2) is 7.26. The van der Waals surface area contributed by atoms with E-state index in [1.165, 1.54) is 0 Å². The molecule has 1 aromatic carbocycles. The number of rotatable bonds is 7. The molecule has 0 aliphatic heterocycles. The molecule has 1 aromatic rings. The summed E-state index contributed by atoms with van der Waals surface area (Å²) in [5, 5.41) is 11.9. The summed E-state index contributed by atoms with van der Waals surface area (Å²) in [4.78, 5) is 14.1. The highest BCUT2D eigenvalue weighted by Crippen LogP contribution is 2.20. The van der Waals surface area contributed by atoms with Crippen LogP contribution in [0.4, 0.5) is 11.4 Å².